The van der Waals surface area contributed by atoms with Gasteiger partial charge >= 0.3 is 10.8 Å². The topological polar surface area (TPSA) is 111 Å². The Kier molecular flexibility index (Phi) is 4.80. The molecule has 4 aliphatic rings. The fourth-order valence-electron chi connectivity index (χ4n) is 6.89. The summed E-state index contributed by atoms with van der Waals surface area (Å²) in [6.07, 6.45) is 0.788. The highest BCUT2D eigenvalue weighted by atomic mass is 32.2. The summed E-state index contributed by atoms with van der Waals surface area (Å²) in [6.45, 7) is 1.40. The highest BCUT2D eigenvalue weighted by Crippen LogP contribution is 2.68. The molecule has 0 spiro atoms. The van der Waals surface area contributed by atoms with Crippen molar-refractivity contribution in [3.8, 4) is 0 Å². The molecule has 0 radical (unpaired) electrons. The average molecular weight is 500 g/mol. The molecule has 3 heterocycles. The first-order chi connectivity index (χ1) is 16.2. The van der Waals surface area contributed by atoms with Crippen molar-refractivity contribution in [2.24, 2.45) is 29.6 Å². The van der Waals surface area contributed by atoms with Crippen LogP contribution in [0.15, 0.2) is 34.1 Å². The zero-order valence-corrected chi connectivity index (χ0v) is 20.6. The number of hydrogen-bond acceptors (Lipinski definition) is 7. The molecule has 1 saturated heterocycles. The van der Waals surface area contributed by atoms with E-state index in [2.05, 4.69) is 29.2 Å². The van der Waals surface area contributed by atoms with Crippen LogP contribution in [0.4, 0.5) is 5.69 Å². The Balaban J connectivity index is 1.43. The number of aromatic nitrogens is 1. The highest BCUT2D eigenvalue weighted by molar-refractivity contribution is 8.00. The van der Waals surface area contributed by atoms with E-state index in [1.54, 1.807) is 11.8 Å². The van der Waals surface area contributed by atoms with Gasteiger partial charge in [-0.05, 0) is 48.8 Å². The quantitative estimate of drug-likeness (QED) is 0.622. The van der Waals surface area contributed by atoms with Crippen molar-refractivity contribution in [1.82, 2.24) is 9.88 Å². The van der Waals surface area contributed by atoms with Gasteiger partial charge in [-0.3, -0.25) is 19.3 Å². The number of likely N-dealkylation sites (tertiary alicyclic amines) is 1. The van der Waals surface area contributed by atoms with Gasteiger partial charge in [-0.1, -0.05) is 23.5 Å². The summed E-state index contributed by atoms with van der Waals surface area (Å²) >= 11 is 2.87. The molecule has 2 aromatic rings. The molecule has 1 aromatic heterocycles. The van der Waals surface area contributed by atoms with E-state index in [4.69, 9.17) is 0 Å². The molecule has 2 N–H and O–H groups in total. The zero-order chi connectivity index (χ0) is 24.0. The third kappa shape index (κ3) is 2.84. The molecule has 2 amide bonds. The summed E-state index contributed by atoms with van der Waals surface area (Å²) in [6, 6.07) is 7.18. The number of anilines is 1. The van der Waals surface area contributed by atoms with E-state index in [0.29, 0.717) is 0 Å². The number of hydrogen-bond donors (Lipinski definition) is 2. The minimum atomic E-state index is -1.17. The number of benzene rings is 1. The number of nitrogens with zero attached hydrogens (tertiary/aromatic N) is 2. The first-order valence-electron chi connectivity index (χ1n) is 11.5. The lowest BCUT2D eigenvalue weighted by Crippen LogP contribution is -2.44. The standard InChI is InChI=1S/C24H25N3O5S2/c1-9(23(30)31)27-21(28)16-12-8-13(17(16)22(27)29)18-15(12)14(19-20(33-18)25-24(32)34-19)10-4-6-11(7-5-10)26(2)3/h4-7,9,12-18H,8H2,1-3H3,(H,25,32)(H,30,31)/t9-,12-,13-,14-,15+,16-,17-,18+/m1/s1. The number of carboxylic acid groups (broad SMARTS) is 1. The van der Waals surface area contributed by atoms with Crippen LogP contribution in [0.25, 0.3) is 0 Å². The number of fused-ring (bicyclic) bond motifs is 9. The number of rotatable bonds is 4. The number of aliphatic carboxylic acids is 1. The second-order valence-corrected chi connectivity index (χ2v) is 12.2. The molecule has 1 aromatic carbocycles. The third-order valence-electron chi connectivity index (χ3n) is 8.27. The van der Waals surface area contributed by atoms with Crippen LogP contribution >= 0.6 is 23.1 Å². The molecule has 3 fully saturated rings. The maximum atomic E-state index is 13.4. The van der Waals surface area contributed by atoms with Crippen LogP contribution in [0.5, 0.6) is 0 Å². The van der Waals surface area contributed by atoms with Crippen molar-refractivity contribution in [2.75, 3.05) is 19.0 Å². The second kappa shape index (κ2) is 7.45. The van der Waals surface area contributed by atoms with E-state index >= 15 is 0 Å². The normalized spacial score (nSPS) is 34.1. The molecule has 2 aliphatic heterocycles. The van der Waals surface area contributed by atoms with Gasteiger partial charge < -0.3 is 15.0 Å². The smallest absolute Gasteiger partial charge is 0.326 e. The number of thiazole rings is 1. The van der Waals surface area contributed by atoms with Crippen LogP contribution in [0.2, 0.25) is 0 Å². The van der Waals surface area contributed by atoms with E-state index in [1.807, 2.05) is 19.0 Å². The molecule has 0 unspecified atom stereocenters. The van der Waals surface area contributed by atoms with E-state index in [-0.39, 0.29) is 45.6 Å². The monoisotopic (exact) mass is 499 g/mol. The van der Waals surface area contributed by atoms with Gasteiger partial charge in [0.2, 0.25) is 11.8 Å². The van der Waals surface area contributed by atoms with Crippen LogP contribution in [-0.4, -0.2) is 58.2 Å². The maximum absolute atomic E-state index is 13.4. The van der Waals surface area contributed by atoms with Gasteiger partial charge in [-0.25, -0.2) is 4.79 Å². The predicted octanol–water partition coefficient (Wildman–Crippen LogP) is 2.45. The number of thioether (sulfide) groups is 1. The van der Waals surface area contributed by atoms with Crippen LogP contribution in [-0.2, 0) is 14.4 Å². The largest absolute Gasteiger partial charge is 0.480 e. The van der Waals surface area contributed by atoms with Crippen molar-refractivity contribution in [1.29, 1.82) is 0 Å². The average Bonchev–Trinajstić information content (AvgIpc) is 3.52. The van der Waals surface area contributed by atoms with E-state index in [0.717, 1.165) is 32.5 Å². The molecule has 34 heavy (non-hydrogen) atoms. The van der Waals surface area contributed by atoms with Crippen molar-refractivity contribution in [3.63, 3.8) is 0 Å². The Morgan fingerprint density at radius 1 is 1.12 bits per heavy atom. The number of carboxylic acids is 1. The van der Waals surface area contributed by atoms with Crippen molar-refractivity contribution >= 4 is 46.6 Å². The molecule has 2 aliphatic carbocycles. The van der Waals surface area contributed by atoms with E-state index < -0.39 is 23.8 Å². The lowest BCUT2D eigenvalue weighted by molar-refractivity contribution is -0.154. The van der Waals surface area contributed by atoms with Crippen molar-refractivity contribution < 1.29 is 19.5 Å². The molecule has 2 bridgehead atoms. The lowest BCUT2D eigenvalue weighted by Gasteiger charge is -2.43. The Bertz CT molecular complexity index is 1270. The first-order valence-corrected chi connectivity index (χ1v) is 13.1. The van der Waals surface area contributed by atoms with Crippen LogP contribution in [0, 0.1) is 29.6 Å². The van der Waals surface area contributed by atoms with Gasteiger partial charge in [0.05, 0.1) is 16.9 Å². The van der Waals surface area contributed by atoms with E-state index in [9.17, 15) is 24.3 Å². The van der Waals surface area contributed by atoms with Gasteiger partial charge in [0.25, 0.3) is 0 Å². The molecule has 6 rings (SSSR count). The van der Waals surface area contributed by atoms with Crippen LogP contribution in [0.3, 0.4) is 0 Å². The zero-order valence-electron chi connectivity index (χ0n) is 18.9. The van der Waals surface area contributed by atoms with Crippen LogP contribution in [0.1, 0.15) is 29.7 Å². The Hall–Kier alpha value is -2.59. The summed E-state index contributed by atoms with van der Waals surface area (Å²) < 4.78 is 0. The van der Waals surface area contributed by atoms with Gasteiger partial charge in [0, 0.05) is 35.8 Å². The van der Waals surface area contributed by atoms with Gasteiger partial charge in [-0.15, -0.1) is 11.8 Å². The molecule has 8 nitrogen and oxygen atoms in total. The molecule has 8 atom stereocenters. The number of carbonyl (C=O) groups is 3. The van der Waals surface area contributed by atoms with Crippen molar-refractivity contribution in [3.05, 3.63) is 44.4 Å². The minimum Gasteiger partial charge on any atom is -0.480 e. The molecule has 178 valence electrons. The summed E-state index contributed by atoms with van der Waals surface area (Å²) in [4.78, 5) is 57.6. The summed E-state index contributed by atoms with van der Waals surface area (Å²) in [5, 5.41) is 10.4. The summed E-state index contributed by atoms with van der Waals surface area (Å²) in [5.74, 6) is -2.73. The molecule has 10 heteroatoms. The first kappa shape index (κ1) is 21.9. The Labute approximate surface area is 204 Å². The van der Waals surface area contributed by atoms with Gasteiger partial charge in [0.1, 0.15) is 6.04 Å². The number of carbonyl (C=O) groups excluding carboxylic acids is 2. The fourth-order valence-corrected chi connectivity index (χ4v) is 9.77. The third-order valence-corrected chi connectivity index (χ3v) is 10.9. The second-order valence-electron chi connectivity index (χ2n) is 10.0. The number of aromatic amines is 1. The number of imide groups is 1. The predicted molar refractivity (Wildman–Crippen MR) is 128 cm³/mol. The minimum absolute atomic E-state index is 0.00690. The maximum Gasteiger partial charge on any atom is 0.326 e. The number of amides is 2. The molecular formula is C24H25N3O5S2. The van der Waals surface area contributed by atoms with Gasteiger partial charge in [-0.2, -0.15) is 0 Å². The Morgan fingerprint density at radius 2 is 1.76 bits per heavy atom. The van der Waals surface area contributed by atoms with Crippen molar-refractivity contribution in [2.45, 2.75) is 35.6 Å². The fraction of sp³-hybridized carbons (Fsp3) is 0.500. The molecular weight excluding hydrogens is 474 g/mol. The Morgan fingerprint density at radius 3 is 2.38 bits per heavy atom. The van der Waals surface area contributed by atoms with Crippen LogP contribution < -0.4 is 9.77 Å². The number of nitrogens with one attached hydrogen (secondary N) is 1. The summed E-state index contributed by atoms with van der Waals surface area (Å²) in [7, 11) is 3.97. The van der Waals surface area contributed by atoms with E-state index in [1.165, 1.54) is 18.3 Å². The summed E-state index contributed by atoms with van der Waals surface area (Å²) in [5.41, 5.74) is 2.19. The highest BCUT2D eigenvalue weighted by Gasteiger charge is 2.70. The number of H-pyrrole nitrogens is 1. The lowest BCUT2D eigenvalue weighted by atomic mass is 9.68. The molecule has 2 saturated carbocycles. The van der Waals surface area contributed by atoms with Gasteiger partial charge in [0.15, 0.2) is 0 Å². The SMILES string of the molecule is C[C@H](C(=O)O)N1C(=O)[C@@H]2[C@H]3C[C@@H]([C@H]2C1=O)[C@H]1[C@@H](c2ccc(N(C)C)cc2)c2sc(=O)[nH]c2S[C@@H]31.